The molecule has 0 amide bonds. The molecule has 114 valence electrons. The lowest BCUT2D eigenvalue weighted by Crippen LogP contribution is -2.37. The van der Waals surface area contributed by atoms with Crippen LogP contribution in [-0.4, -0.2) is 49.6 Å². The van der Waals surface area contributed by atoms with Crippen molar-refractivity contribution >= 4 is 0 Å². The summed E-state index contributed by atoms with van der Waals surface area (Å²) < 4.78 is 5.72. The fourth-order valence-electron chi connectivity index (χ4n) is 2.98. The predicted octanol–water partition coefficient (Wildman–Crippen LogP) is 2.31. The minimum atomic E-state index is 0.673. The van der Waals surface area contributed by atoms with Crippen LogP contribution in [0, 0.1) is 0 Å². The Morgan fingerprint density at radius 3 is 3.05 bits per heavy atom. The summed E-state index contributed by atoms with van der Waals surface area (Å²) in [5, 5.41) is 3.46. The summed E-state index contributed by atoms with van der Waals surface area (Å²) in [5.41, 5.74) is 1.31. The summed E-state index contributed by atoms with van der Waals surface area (Å²) in [6.45, 7) is 7.47. The topological polar surface area (TPSA) is 31.7 Å². The second kappa shape index (κ2) is 7.81. The van der Waals surface area contributed by atoms with E-state index in [1.807, 2.05) is 6.26 Å². The maximum atomic E-state index is 5.72. The van der Waals surface area contributed by atoms with E-state index in [0.29, 0.717) is 6.04 Å². The van der Waals surface area contributed by atoms with Gasteiger partial charge in [0.25, 0.3) is 0 Å². The number of likely N-dealkylation sites (tertiary alicyclic amines) is 1. The Balaban J connectivity index is 1.90. The van der Waals surface area contributed by atoms with E-state index in [2.05, 4.69) is 42.2 Å². The molecule has 1 fully saturated rings. The molecule has 0 spiro atoms. The van der Waals surface area contributed by atoms with Gasteiger partial charge in [-0.2, -0.15) is 0 Å². The Bertz CT molecular complexity index is 389. The Morgan fingerprint density at radius 2 is 2.30 bits per heavy atom. The lowest BCUT2D eigenvalue weighted by atomic mass is 10.2. The van der Waals surface area contributed by atoms with Gasteiger partial charge < -0.3 is 14.6 Å². The van der Waals surface area contributed by atoms with Crippen molar-refractivity contribution in [2.75, 3.05) is 33.7 Å². The molecule has 1 saturated heterocycles. The number of hydrogen-bond donors (Lipinski definition) is 1. The minimum absolute atomic E-state index is 0.673. The average Bonchev–Trinajstić information content (AvgIpc) is 3.01. The predicted molar refractivity (Wildman–Crippen MR) is 82.7 cm³/mol. The van der Waals surface area contributed by atoms with Crippen LogP contribution in [-0.2, 0) is 13.1 Å². The molecule has 0 bridgehead atoms. The number of furan rings is 1. The van der Waals surface area contributed by atoms with Crippen LogP contribution in [0.3, 0.4) is 0 Å². The Kier molecular flexibility index (Phi) is 6.07. The van der Waals surface area contributed by atoms with Crippen molar-refractivity contribution in [2.24, 2.45) is 0 Å². The summed E-state index contributed by atoms with van der Waals surface area (Å²) in [6.07, 6.45) is 5.62. The van der Waals surface area contributed by atoms with Crippen molar-refractivity contribution in [1.82, 2.24) is 15.1 Å². The van der Waals surface area contributed by atoms with Crippen LogP contribution in [0.5, 0.6) is 0 Å². The fourth-order valence-corrected chi connectivity index (χ4v) is 2.98. The molecule has 1 aromatic rings. The van der Waals surface area contributed by atoms with Gasteiger partial charge in [-0.3, -0.25) is 4.90 Å². The summed E-state index contributed by atoms with van der Waals surface area (Å²) in [6, 6.07) is 2.78. The van der Waals surface area contributed by atoms with Gasteiger partial charge in [-0.1, -0.05) is 6.92 Å². The van der Waals surface area contributed by atoms with Gasteiger partial charge in [0.05, 0.1) is 12.8 Å². The summed E-state index contributed by atoms with van der Waals surface area (Å²) >= 11 is 0. The van der Waals surface area contributed by atoms with Crippen LogP contribution in [0.4, 0.5) is 0 Å². The van der Waals surface area contributed by atoms with Gasteiger partial charge >= 0.3 is 0 Å². The second-order valence-electron chi connectivity index (χ2n) is 6.07. The molecule has 1 N–H and O–H groups in total. The molecule has 1 unspecified atom stereocenters. The smallest absolute Gasteiger partial charge is 0.122 e. The molecule has 0 saturated carbocycles. The monoisotopic (exact) mass is 279 g/mol. The molecule has 1 aliphatic heterocycles. The van der Waals surface area contributed by atoms with Crippen molar-refractivity contribution in [3.8, 4) is 0 Å². The van der Waals surface area contributed by atoms with Crippen molar-refractivity contribution in [3.63, 3.8) is 0 Å². The van der Waals surface area contributed by atoms with Crippen molar-refractivity contribution in [1.29, 1.82) is 0 Å². The van der Waals surface area contributed by atoms with E-state index in [9.17, 15) is 0 Å². The van der Waals surface area contributed by atoms with E-state index in [4.69, 9.17) is 4.42 Å². The van der Waals surface area contributed by atoms with Crippen LogP contribution in [0.2, 0.25) is 0 Å². The number of nitrogens with one attached hydrogen (secondary N) is 1. The first-order chi connectivity index (χ1) is 9.70. The standard InChI is InChI=1S/C16H29N3O/c1-4-8-17-11-14-7-10-20-16(14)13-19-9-5-6-15(19)12-18(2)3/h7,10,15,17H,4-6,8-9,11-13H2,1-3H3. The van der Waals surface area contributed by atoms with Crippen LogP contribution in [0.15, 0.2) is 16.7 Å². The highest BCUT2D eigenvalue weighted by Gasteiger charge is 2.26. The zero-order chi connectivity index (χ0) is 14.4. The first-order valence-electron chi connectivity index (χ1n) is 7.85. The molecule has 2 heterocycles. The molecule has 2 rings (SSSR count). The quantitative estimate of drug-likeness (QED) is 0.740. The van der Waals surface area contributed by atoms with Gasteiger partial charge in [-0.05, 0) is 52.5 Å². The van der Waals surface area contributed by atoms with Crippen LogP contribution < -0.4 is 5.32 Å². The van der Waals surface area contributed by atoms with E-state index in [1.54, 1.807) is 0 Å². The van der Waals surface area contributed by atoms with Crippen LogP contribution in [0.25, 0.3) is 0 Å². The highest BCUT2D eigenvalue weighted by molar-refractivity contribution is 5.17. The second-order valence-corrected chi connectivity index (χ2v) is 6.07. The van der Waals surface area contributed by atoms with Gasteiger partial charge in [0, 0.05) is 24.7 Å². The molecule has 0 aliphatic carbocycles. The van der Waals surface area contributed by atoms with Crippen molar-refractivity contribution in [3.05, 3.63) is 23.7 Å². The Labute approximate surface area is 123 Å². The van der Waals surface area contributed by atoms with Gasteiger partial charge in [0.15, 0.2) is 0 Å². The van der Waals surface area contributed by atoms with Crippen LogP contribution >= 0.6 is 0 Å². The average molecular weight is 279 g/mol. The first-order valence-corrected chi connectivity index (χ1v) is 7.85. The summed E-state index contributed by atoms with van der Waals surface area (Å²) in [7, 11) is 4.31. The maximum Gasteiger partial charge on any atom is 0.122 e. The normalized spacial score (nSPS) is 20.1. The SMILES string of the molecule is CCCNCc1ccoc1CN1CCCC1CN(C)C. The Hall–Kier alpha value is -0.840. The molecular formula is C16H29N3O. The Morgan fingerprint density at radius 1 is 1.45 bits per heavy atom. The molecule has 1 aromatic heterocycles. The largest absolute Gasteiger partial charge is 0.468 e. The van der Waals surface area contributed by atoms with Crippen molar-refractivity contribution < 1.29 is 4.42 Å². The van der Waals surface area contributed by atoms with E-state index in [1.165, 1.54) is 31.4 Å². The van der Waals surface area contributed by atoms with E-state index in [-0.39, 0.29) is 0 Å². The maximum absolute atomic E-state index is 5.72. The lowest BCUT2D eigenvalue weighted by Gasteiger charge is -2.26. The van der Waals surface area contributed by atoms with Gasteiger partial charge in [-0.25, -0.2) is 0 Å². The number of rotatable bonds is 8. The summed E-state index contributed by atoms with van der Waals surface area (Å²) in [4.78, 5) is 4.86. The third-order valence-corrected chi connectivity index (χ3v) is 4.00. The van der Waals surface area contributed by atoms with Crippen molar-refractivity contribution in [2.45, 2.75) is 45.3 Å². The molecule has 0 aromatic carbocycles. The van der Waals surface area contributed by atoms with E-state index in [0.717, 1.165) is 31.9 Å². The zero-order valence-corrected chi connectivity index (χ0v) is 13.2. The number of nitrogens with zero attached hydrogens (tertiary/aromatic N) is 2. The number of hydrogen-bond acceptors (Lipinski definition) is 4. The third-order valence-electron chi connectivity index (χ3n) is 4.00. The minimum Gasteiger partial charge on any atom is -0.468 e. The van der Waals surface area contributed by atoms with Crippen LogP contribution in [0.1, 0.15) is 37.5 Å². The van der Waals surface area contributed by atoms with Gasteiger partial charge in [0.1, 0.15) is 5.76 Å². The molecule has 4 heteroatoms. The first kappa shape index (κ1) is 15.5. The molecule has 1 atom stereocenters. The molecular weight excluding hydrogens is 250 g/mol. The fraction of sp³-hybridized carbons (Fsp3) is 0.750. The molecule has 20 heavy (non-hydrogen) atoms. The van der Waals surface area contributed by atoms with E-state index < -0.39 is 0 Å². The third kappa shape index (κ3) is 4.33. The number of likely N-dealkylation sites (N-methyl/N-ethyl adjacent to an activating group) is 1. The molecule has 4 nitrogen and oxygen atoms in total. The highest BCUT2D eigenvalue weighted by atomic mass is 16.3. The lowest BCUT2D eigenvalue weighted by molar-refractivity contribution is 0.188. The van der Waals surface area contributed by atoms with Gasteiger partial charge in [0.2, 0.25) is 0 Å². The highest BCUT2D eigenvalue weighted by Crippen LogP contribution is 2.22. The molecule has 1 aliphatic rings. The molecule has 0 radical (unpaired) electrons. The van der Waals surface area contributed by atoms with E-state index >= 15 is 0 Å². The van der Waals surface area contributed by atoms with Gasteiger partial charge in [-0.15, -0.1) is 0 Å². The summed E-state index contributed by atoms with van der Waals surface area (Å²) in [5.74, 6) is 1.14. The zero-order valence-electron chi connectivity index (χ0n) is 13.2.